The minimum absolute atomic E-state index is 0.0700. The zero-order chi connectivity index (χ0) is 17.2. The first kappa shape index (κ1) is 16.8. The van der Waals surface area contributed by atoms with Gasteiger partial charge in [-0.2, -0.15) is 5.10 Å². The summed E-state index contributed by atoms with van der Waals surface area (Å²) in [5, 5.41) is 4.00. The van der Waals surface area contributed by atoms with Gasteiger partial charge in [-0.25, -0.2) is 13.1 Å². The van der Waals surface area contributed by atoms with Gasteiger partial charge in [0.2, 0.25) is 10.0 Å². The fourth-order valence-corrected chi connectivity index (χ4v) is 3.78. The molecule has 1 aromatic heterocycles. The summed E-state index contributed by atoms with van der Waals surface area (Å²) in [6.45, 7) is 3.30. The molecular formula is C16H21N3O4S. The van der Waals surface area contributed by atoms with Crippen LogP contribution in [0.5, 0.6) is 11.5 Å². The predicted octanol–water partition coefficient (Wildman–Crippen LogP) is 1.44. The van der Waals surface area contributed by atoms with Gasteiger partial charge in [0, 0.05) is 25.2 Å². The molecule has 0 saturated carbocycles. The highest BCUT2D eigenvalue weighted by Gasteiger charge is 2.25. The molecule has 130 valence electrons. The Morgan fingerprint density at radius 2 is 2.29 bits per heavy atom. The topological polar surface area (TPSA) is 82.5 Å². The van der Waals surface area contributed by atoms with Crippen molar-refractivity contribution in [2.75, 3.05) is 20.3 Å². The van der Waals surface area contributed by atoms with Gasteiger partial charge in [0.25, 0.3) is 0 Å². The molecule has 24 heavy (non-hydrogen) atoms. The Hall–Kier alpha value is -2.06. The fourth-order valence-electron chi connectivity index (χ4n) is 2.72. The Labute approximate surface area is 141 Å². The Morgan fingerprint density at radius 3 is 3.00 bits per heavy atom. The summed E-state index contributed by atoms with van der Waals surface area (Å²) in [6.07, 6.45) is 3.63. The number of methoxy groups -OCH3 is 1. The Kier molecular flexibility index (Phi) is 4.77. The summed E-state index contributed by atoms with van der Waals surface area (Å²) in [5.74, 6) is 1.53. The predicted molar refractivity (Wildman–Crippen MR) is 88.8 cm³/mol. The quantitative estimate of drug-likeness (QED) is 0.852. The maximum atomic E-state index is 12.3. The summed E-state index contributed by atoms with van der Waals surface area (Å²) in [7, 11) is -1.95. The van der Waals surface area contributed by atoms with Crippen LogP contribution < -0.4 is 14.2 Å². The summed E-state index contributed by atoms with van der Waals surface area (Å²) in [5.41, 5.74) is 1.03. The van der Waals surface area contributed by atoms with Crippen LogP contribution in [0.25, 0.3) is 0 Å². The average molecular weight is 351 g/mol. The van der Waals surface area contributed by atoms with Gasteiger partial charge in [-0.3, -0.25) is 4.68 Å². The van der Waals surface area contributed by atoms with Gasteiger partial charge in [0.15, 0.2) is 11.5 Å². The number of fused-ring (bicyclic) bond motifs is 1. The van der Waals surface area contributed by atoms with E-state index in [9.17, 15) is 8.42 Å². The first-order chi connectivity index (χ1) is 11.5. The number of nitrogens with one attached hydrogen (secondary N) is 1. The normalized spacial score (nSPS) is 17.2. The van der Waals surface area contributed by atoms with Crippen LogP contribution in [0, 0.1) is 5.92 Å². The van der Waals surface area contributed by atoms with Crippen molar-refractivity contribution in [3.63, 3.8) is 0 Å². The maximum absolute atomic E-state index is 12.3. The maximum Gasteiger partial charge on any atom is 0.243 e. The highest BCUT2D eigenvalue weighted by atomic mass is 32.2. The van der Waals surface area contributed by atoms with E-state index in [1.54, 1.807) is 11.8 Å². The van der Waals surface area contributed by atoms with Crippen LogP contribution in [0.3, 0.4) is 0 Å². The molecule has 2 heterocycles. The zero-order valence-corrected chi connectivity index (χ0v) is 14.5. The van der Waals surface area contributed by atoms with Crippen LogP contribution in [0.15, 0.2) is 35.5 Å². The lowest BCUT2D eigenvalue weighted by Gasteiger charge is -2.26. The van der Waals surface area contributed by atoms with Gasteiger partial charge in [0.05, 0.1) is 19.9 Å². The molecule has 0 aliphatic carbocycles. The number of rotatable bonds is 6. The van der Waals surface area contributed by atoms with Crippen molar-refractivity contribution < 1.29 is 17.9 Å². The number of para-hydroxylation sites is 1. The second kappa shape index (κ2) is 6.82. The van der Waals surface area contributed by atoms with Crippen molar-refractivity contribution in [2.24, 2.45) is 5.92 Å². The third-order valence-corrected chi connectivity index (χ3v) is 5.44. The summed E-state index contributed by atoms with van der Waals surface area (Å²) < 4.78 is 39.9. The van der Waals surface area contributed by atoms with Crippen LogP contribution in [0.2, 0.25) is 0 Å². The number of sulfonamides is 1. The van der Waals surface area contributed by atoms with E-state index in [0.29, 0.717) is 25.4 Å². The second-order valence-electron chi connectivity index (χ2n) is 5.71. The van der Waals surface area contributed by atoms with E-state index in [0.717, 1.165) is 17.7 Å². The lowest BCUT2D eigenvalue weighted by Crippen LogP contribution is -2.34. The van der Waals surface area contributed by atoms with Crippen LogP contribution in [0.4, 0.5) is 0 Å². The molecule has 0 unspecified atom stereocenters. The Balaban J connectivity index is 1.65. The highest BCUT2D eigenvalue weighted by molar-refractivity contribution is 7.89. The number of hydrogen-bond acceptors (Lipinski definition) is 5. The highest BCUT2D eigenvalue weighted by Crippen LogP contribution is 2.35. The fraction of sp³-hybridized carbons (Fsp3) is 0.438. The van der Waals surface area contributed by atoms with Crippen LogP contribution in [0.1, 0.15) is 12.5 Å². The van der Waals surface area contributed by atoms with Crippen LogP contribution >= 0.6 is 0 Å². The summed E-state index contributed by atoms with van der Waals surface area (Å²) in [6, 6.07) is 5.74. The molecule has 7 nitrogen and oxygen atoms in total. The van der Waals surface area contributed by atoms with E-state index < -0.39 is 10.0 Å². The average Bonchev–Trinajstić information content (AvgIpc) is 3.09. The van der Waals surface area contributed by atoms with Gasteiger partial charge in [-0.05, 0) is 25.0 Å². The molecule has 1 aromatic carbocycles. The molecule has 0 fully saturated rings. The van der Waals surface area contributed by atoms with Crippen molar-refractivity contribution >= 4 is 10.0 Å². The molecule has 3 rings (SSSR count). The third-order valence-electron chi connectivity index (χ3n) is 4.06. The van der Waals surface area contributed by atoms with E-state index in [2.05, 4.69) is 9.82 Å². The standard InChI is InChI=1S/C16H21N3O4S/c1-3-19-10-14(9-17-19)24(20,21)18-8-12-7-13-5-4-6-15(22-2)16(13)23-11-12/h4-6,9-10,12,18H,3,7-8,11H2,1-2H3/t12-/m0/s1. The first-order valence-corrected chi connectivity index (χ1v) is 9.32. The van der Waals surface area contributed by atoms with E-state index in [-0.39, 0.29) is 10.8 Å². The number of aryl methyl sites for hydroxylation is 1. The molecule has 1 aliphatic rings. The summed E-state index contributed by atoms with van der Waals surface area (Å²) >= 11 is 0. The van der Waals surface area contributed by atoms with Crippen molar-refractivity contribution in [3.05, 3.63) is 36.2 Å². The minimum Gasteiger partial charge on any atom is -0.493 e. The number of ether oxygens (including phenoxy) is 2. The van der Waals surface area contributed by atoms with Gasteiger partial charge in [-0.1, -0.05) is 12.1 Å². The van der Waals surface area contributed by atoms with Crippen molar-refractivity contribution in [1.82, 2.24) is 14.5 Å². The zero-order valence-electron chi connectivity index (χ0n) is 13.7. The van der Waals surface area contributed by atoms with E-state index in [4.69, 9.17) is 9.47 Å². The van der Waals surface area contributed by atoms with Crippen molar-refractivity contribution in [1.29, 1.82) is 0 Å². The molecule has 1 aliphatic heterocycles. The number of aromatic nitrogens is 2. The lowest BCUT2D eigenvalue weighted by atomic mass is 9.96. The van der Waals surface area contributed by atoms with Gasteiger partial charge >= 0.3 is 0 Å². The monoisotopic (exact) mass is 351 g/mol. The molecule has 0 bridgehead atoms. The Morgan fingerprint density at radius 1 is 1.46 bits per heavy atom. The largest absolute Gasteiger partial charge is 0.493 e. The molecule has 1 N–H and O–H groups in total. The molecule has 2 aromatic rings. The molecule has 8 heteroatoms. The van der Waals surface area contributed by atoms with Crippen molar-refractivity contribution in [3.8, 4) is 11.5 Å². The lowest BCUT2D eigenvalue weighted by molar-refractivity contribution is 0.213. The van der Waals surface area contributed by atoms with Crippen LogP contribution in [-0.4, -0.2) is 38.5 Å². The Bertz CT molecular complexity index is 816. The molecular weight excluding hydrogens is 330 g/mol. The van der Waals surface area contributed by atoms with Gasteiger partial charge in [-0.15, -0.1) is 0 Å². The molecule has 0 radical (unpaired) electrons. The van der Waals surface area contributed by atoms with Crippen molar-refractivity contribution in [2.45, 2.75) is 24.8 Å². The van der Waals surface area contributed by atoms with E-state index in [1.165, 1.54) is 12.4 Å². The molecule has 0 saturated heterocycles. The third kappa shape index (κ3) is 3.39. The smallest absolute Gasteiger partial charge is 0.243 e. The minimum atomic E-state index is -3.55. The number of benzene rings is 1. The second-order valence-corrected chi connectivity index (χ2v) is 7.48. The molecule has 0 spiro atoms. The van der Waals surface area contributed by atoms with Gasteiger partial charge in [0.1, 0.15) is 4.90 Å². The van der Waals surface area contributed by atoms with E-state index in [1.807, 2.05) is 25.1 Å². The SMILES string of the molecule is CCn1cc(S(=O)(=O)NC[C@H]2COc3c(cccc3OC)C2)cn1. The first-order valence-electron chi connectivity index (χ1n) is 7.84. The number of nitrogens with zero attached hydrogens (tertiary/aromatic N) is 2. The van der Waals surface area contributed by atoms with E-state index >= 15 is 0 Å². The van der Waals surface area contributed by atoms with Gasteiger partial charge < -0.3 is 9.47 Å². The molecule has 0 amide bonds. The number of hydrogen-bond donors (Lipinski definition) is 1. The summed E-state index contributed by atoms with van der Waals surface area (Å²) in [4.78, 5) is 0.183. The van der Waals surface area contributed by atoms with Crippen LogP contribution in [-0.2, 0) is 23.0 Å². The molecule has 1 atom stereocenters.